The van der Waals surface area contributed by atoms with Crippen LogP contribution in [0, 0.1) is 0 Å². The lowest BCUT2D eigenvalue weighted by Crippen LogP contribution is -2.42. The molecule has 0 aromatic heterocycles. The molecule has 0 saturated carbocycles. The van der Waals surface area contributed by atoms with Gasteiger partial charge in [0.25, 0.3) is 5.91 Å². The van der Waals surface area contributed by atoms with Crippen molar-refractivity contribution in [1.29, 1.82) is 0 Å². The van der Waals surface area contributed by atoms with E-state index in [0.29, 0.717) is 5.69 Å². The first kappa shape index (κ1) is 19.6. The van der Waals surface area contributed by atoms with Crippen LogP contribution in [-0.2, 0) is 25.9 Å². The van der Waals surface area contributed by atoms with E-state index in [2.05, 4.69) is 0 Å². The Morgan fingerprint density at radius 2 is 1.75 bits per heavy atom. The second-order valence-electron chi connectivity index (χ2n) is 6.43. The summed E-state index contributed by atoms with van der Waals surface area (Å²) in [5.41, 5.74) is 7.22. The number of nitrogens with two attached hydrogens (primary N) is 1. The van der Waals surface area contributed by atoms with Gasteiger partial charge in [-0.05, 0) is 35.9 Å². The molecule has 0 spiro atoms. The van der Waals surface area contributed by atoms with E-state index in [-0.39, 0.29) is 17.9 Å². The van der Waals surface area contributed by atoms with E-state index in [1.165, 1.54) is 23.1 Å². The van der Waals surface area contributed by atoms with Crippen LogP contribution in [-0.4, -0.2) is 43.6 Å². The molecule has 0 saturated heterocycles. The van der Waals surface area contributed by atoms with Crippen molar-refractivity contribution in [2.75, 3.05) is 18.1 Å². The summed E-state index contributed by atoms with van der Waals surface area (Å²) in [6, 6.07) is 14.7. The van der Waals surface area contributed by atoms with E-state index in [9.17, 15) is 18.0 Å². The molecule has 0 fully saturated rings. The normalized spacial score (nSPS) is 17.2. The Morgan fingerprint density at radius 1 is 1.07 bits per heavy atom. The molecule has 1 aliphatic heterocycles. The summed E-state index contributed by atoms with van der Waals surface area (Å²) >= 11 is 0. The van der Waals surface area contributed by atoms with Gasteiger partial charge in [0.15, 0.2) is 16.4 Å². The van der Waals surface area contributed by atoms with Crippen LogP contribution in [0.2, 0.25) is 0 Å². The zero-order valence-electron chi connectivity index (χ0n) is 15.0. The summed E-state index contributed by atoms with van der Waals surface area (Å²) in [5.74, 6) is -1.31. The molecule has 3 rings (SSSR count). The Hall–Kier alpha value is -3.13. The maximum Gasteiger partial charge on any atom is 0.338 e. The number of hydrogen-bond acceptors (Lipinski definition) is 6. The second-order valence-corrected chi connectivity index (χ2v) is 8.36. The molecular formula is C20H20N2O5S. The minimum absolute atomic E-state index is 0.183. The highest BCUT2D eigenvalue weighted by molar-refractivity contribution is 7.94. The SMILES string of the molecule is Nc1ccc(C(=O)OCC(=O)N(Cc2ccccc2)[C@@H]2C=CS(=O)(=O)C2)cc1. The van der Waals surface area contributed by atoms with Crippen molar-refractivity contribution in [3.05, 3.63) is 77.2 Å². The first-order valence-corrected chi connectivity index (χ1v) is 10.3. The molecule has 1 heterocycles. The van der Waals surface area contributed by atoms with Gasteiger partial charge in [0.2, 0.25) is 0 Å². The lowest BCUT2D eigenvalue weighted by atomic mass is 10.1. The molecule has 1 atom stereocenters. The molecule has 1 aliphatic rings. The van der Waals surface area contributed by atoms with E-state index in [1.54, 1.807) is 12.1 Å². The summed E-state index contributed by atoms with van der Waals surface area (Å²) < 4.78 is 28.7. The highest BCUT2D eigenvalue weighted by Crippen LogP contribution is 2.18. The van der Waals surface area contributed by atoms with Crippen molar-refractivity contribution in [2.24, 2.45) is 0 Å². The summed E-state index contributed by atoms with van der Waals surface area (Å²) in [4.78, 5) is 26.3. The fourth-order valence-electron chi connectivity index (χ4n) is 2.84. The van der Waals surface area contributed by atoms with Crippen molar-refractivity contribution in [3.63, 3.8) is 0 Å². The van der Waals surface area contributed by atoms with Gasteiger partial charge in [-0.2, -0.15) is 0 Å². The van der Waals surface area contributed by atoms with Gasteiger partial charge < -0.3 is 15.4 Å². The average Bonchev–Trinajstić information content (AvgIpc) is 3.04. The number of rotatable bonds is 6. The van der Waals surface area contributed by atoms with Gasteiger partial charge >= 0.3 is 5.97 Å². The van der Waals surface area contributed by atoms with Gasteiger partial charge in [0.1, 0.15) is 0 Å². The molecule has 1 amide bonds. The summed E-state index contributed by atoms with van der Waals surface area (Å²) in [6.45, 7) is -0.274. The molecule has 2 aromatic carbocycles. The van der Waals surface area contributed by atoms with Gasteiger partial charge in [0.05, 0.1) is 17.4 Å². The number of anilines is 1. The number of amides is 1. The number of carbonyl (C=O) groups is 2. The number of benzene rings is 2. The van der Waals surface area contributed by atoms with Gasteiger partial charge in [-0.25, -0.2) is 13.2 Å². The van der Waals surface area contributed by atoms with Crippen molar-refractivity contribution in [2.45, 2.75) is 12.6 Å². The highest BCUT2D eigenvalue weighted by atomic mass is 32.2. The van der Waals surface area contributed by atoms with Crippen LogP contribution in [0.1, 0.15) is 15.9 Å². The lowest BCUT2D eigenvalue weighted by Gasteiger charge is -2.27. The monoisotopic (exact) mass is 400 g/mol. The summed E-state index contributed by atoms with van der Waals surface area (Å²) in [7, 11) is -3.34. The number of carbonyl (C=O) groups excluding carboxylic acids is 2. The van der Waals surface area contributed by atoms with Crippen LogP contribution >= 0.6 is 0 Å². The zero-order chi connectivity index (χ0) is 20.1. The fourth-order valence-corrected chi connectivity index (χ4v) is 4.14. The van der Waals surface area contributed by atoms with E-state index in [0.717, 1.165) is 11.0 Å². The Balaban J connectivity index is 1.70. The van der Waals surface area contributed by atoms with Crippen LogP contribution in [0.25, 0.3) is 0 Å². The first-order valence-electron chi connectivity index (χ1n) is 8.61. The van der Waals surface area contributed by atoms with Gasteiger partial charge in [-0.3, -0.25) is 4.79 Å². The second kappa shape index (κ2) is 8.26. The topological polar surface area (TPSA) is 107 Å². The number of sulfone groups is 1. The van der Waals surface area contributed by atoms with Crippen molar-refractivity contribution >= 4 is 27.4 Å². The van der Waals surface area contributed by atoms with Crippen LogP contribution in [0.3, 0.4) is 0 Å². The van der Waals surface area contributed by atoms with E-state index in [1.807, 2.05) is 30.3 Å². The largest absolute Gasteiger partial charge is 0.452 e. The molecule has 0 unspecified atom stereocenters. The van der Waals surface area contributed by atoms with Gasteiger partial charge in [-0.1, -0.05) is 30.3 Å². The van der Waals surface area contributed by atoms with E-state index in [4.69, 9.17) is 10.5 Å². The lowest BCUT2D eigenvalue weighted by molar-refractivity contribution is -0.136. The molecule has 0 radical (unpaired) electrons. The van der Waals surface area contributed by atoms with Gasteiger partial charge in [-0.15, -0.1) is 0 Å². The molecule has 8 heteroatoms. The van der Waals surface area contributed by atoms with Crippen molar-refractivity contribution < 1.29 is 22.7 Å². The highest BCUT2D eigenvalue weighted by Gasteiger charge is 2.30. The fraction of sp³-hybridized carbons (Fsp3) is 0.200. The van der Waals surface area contributed by atoms with Crippen LogP contribution in [0.5, 0.6) is 0 Å². The van der Waals surface area contributed by atoms with E-state index < -0.39 is 34.4 Å². The predicted molar refractivity (Wildman–Crippen MR) is 105 cm³/mol. The average molecular weight is 400 g/mol. The van der Waals surface area contributed by atoms with Crippen LogP contribution < -0.4 is 5.73 Å². The van der Waals surface area contributed by atoms with Gasteiger partial charge in [0, 0.05) is 17.6 Å². The molecule has 7 nitrogen and oxygen atoms in total. The molecule has 146 valence electrons. The molecular weight excluding hydrogens is 380 g/mol. The third-order valence-corrected chi connectivity index (χ3v) is 5.68. The molecule has 2 aromatic rings. The Kier molecular flexibility index (Phi) is 5.79. The van der Waals surface area contributed by atoms with Crippen LogP contribution in [0.15, 0.2) is 66.1 Å². The number of nitrogens with zero attached hydrogens (tertiary/aromatic N) is 1. The Labute approximate surface area is 163 Å². The van der Waals surface area contributed by atoms with E-state index >= 15 is 0 Å². The Morgan fingerprint density at radius 3 is 2.36 bits per heavy atom. The molecule has 28 heavy (non-hydrogen) atoms. The first-order chi connectivity index (χ1) is 13.3. The minimum atomic E-state index is -3.34. The minimum Gasteiger partial charge on any atom is -0.452 e. The number of hydrogen-bond donors (Lipinski definition) is 1. The summed E-state index contributed by atoms with van der Waals surface area (Å²) in [5, 5.41) is 1.11. The van der Waals surface area contributed by atoms with Crippen molar-refractivity contribution in [1.82, 2.24) is 4.90 Å². The third kappa shape index (κ3) is 4.98. The molecule has 0 aliphatic carbocycles. The third-order valence-electron chi connectivity index (χ3n) is 4.30. The predicted octanol–water partition coefficient (Wildman–Crippen LogP) is 1.77. The maximum absolute atomic E-state index is 12.7. The number of esters is 1. The molecule has 0 bridgehead atoms. The number of ether oxygens (including phenoxy) is 1. The van der Waals surface area contributed by atoms with Crippen molar-refractivity contribution in [3.8, 4) is 0 Å². The standard InChI is InChI=1S/C20H20N2O5S/c21-17-8-6-16(7-9-17)20(24)27-13-19(23)22(12-15-4-2-1-3-5-15)18-10-11-28(25,26)14-18/h1-11,18H,12-14,21H2/t18-/m1/s1. The maximum atomic E-state index is 12.7. The van der Waals surface area contributed by atoms with Crippen LogP contribution in [0.4, 0.5) is 5.69 Å². The Bertz CT molecular complexity index is 985. The quantitative estimate of drug-likeness (QED) is 0.585. The molecule has 2 N–H and O–H groups in total. The smallest absolute Gasteiger partial charge is 0.338 e. The zero-order valence-corrected chi connectivity index (χ0v) is 15.8. The number of nitrogen functional groups attached to an aromatic ring is 1. The summed E-state index contributed by atoms with van der Waals surface area (Å²) in [6.07, 6.45) is 1.48.